The standard InChI is InChI=1S/C21H27N2O2/c24-21(25)19-10-4-2-1-3-5-11-20-12-6-7-16-23(20)22-15-8-9-18(17-22)13-14-19/h6-9,12,15-17,19H,1-5,10-11,13-14H2/q+1/p+1. The molecule has 0 spiro atoms. The topological polar surface area (TPSA) is 45.1 Å². The van der Waals surface area contributed by atoms with E-state index in [0.29, 0.717) is 6.42 Å². The summed E-state index contributed by atoms with van der Waals surface area (Å²) in [5.41, 5.74) is 2.49. The Balaban J connectivity index is 1.87. The van der Waals surface area contributed by atoms with Crippen molar-refractivity contribution in [3.8, 4) is 0 Å². The monoisotopic (exact) mass is 340 g/mol. The smallest absolute Gasteiger partial charge is 0.306 e. The quantitative estimate of drug-likeness (QED) is 0.811. The van der Waals surface area contributed by atoms with E-state index < -0.39 is 5.97 Å². The number of aryl methyl sites for hydroxylation is 2. The number of fused-ring (bicyclic) bond motifs is 4. The van der Waals surface area contributed by atoms with Gasteiger partial charge in [0.2, 0.25) is 18.6 Å². The minimum absolute atomic E-state index is 0.223. The highest BCUT2D eigenvalue weighted by Gasteiger charge is 2.21. The van der Waals surface area contributed by atoms with Crippen molar-refractivity contribution < 1.29 is 19.3 Å². The lowest BCUT2D eigenvalue weighted by molar-refractivity contribution is -1.30. The molecule has 3 heterocycles. The van der Waals surface area contributed by atoms with E-state index in [-0.39, 0.29) is 5.92 Å². The van der Waals surface area contributed by atoms with Crippen LogP contribution in [0.25, 0.3) is 0 Å². The summed E-state index contributed by atoms with van der Waals surface area (Å²) in [5.74, 6) is -0.869. The van der Waals surface area contributed by atoms with Crippen LogP contribution in [0.2, 0.25) is 0 Å². The van der Waals surface area contributed by atoms with Crippen LogP contribution in [0, 0.1) is 5.92 Å². The zero-order chi connectivity index (χ0) is 17.5. The second-order valence-electron chi connectivity index (χ2n) is 7.01. The molecule has 1 unspecified atom stereocenters. The number of carboxylic acid groups (broad SMARTS) is 1. The summed E-state index contributed by atoms with van der Waals surface area (Å²) in [6, 6.07) is 10.5. The van der Waals surface area contributed by atoms with Crippen LogP contribution in [0.4, 0.5) is 0 Å². The second kappa shape index (κ2) is 8.75. The van der Waals surface area contributed by atoms with E-state index in [1.807, 2.05) is 6.07 Å². The van der Waals surface area contributed by atoms with Crippen LogP contribution in [-0.4, -0.2) is 11.1 Å². The minimum atomic E-state index is -0.646. The molecule has 4 heteroatoms. The molecule has 0 saturated carbocycles. The number of pyridine rings is 2. The molecule has 0 aliphatic carbocycles. The summed E-state index contributed by atoms with van der Waals surface area (Å²) in [5, 5.41) is 9.49. The SMILES string of the molecule is O=C(O)C1CCCCCCCc2cccc[n+]2-[n+]2cccc(c2)CC1. The first kappa shape index (κ1) is 17.6. The van der Waals surface area contributed by atoms with Crippen LogP contribution in [0.15, 0.2) is 48.9 Å². The highest BCUT2D eigenvalue weighted by atomic mass is 16.4. The Labute approximate surface area is 149 Å². The van der Waals surface area contributed by atoms with Gasteiger partial charge in [-0.25, -0.2) is 0 Å². The van der Waals surface area contributed by atoms with Gasteiger partial charge >= 0.3 is 5.97 Å². The van der Waals surface area contributed by atoms with E-state index >= 15 is 0 Å². The van der Waals surface area contributed by atoms with Gasteiger partial charge in [0.05, 0.1) is 15.3 Å². The number of carboxylic acids is 1. The number of hydrogen-bond acceptors (Lipinski definition) is 1. The Morgan fingerprint density at radius 2 is 1.76 bits per heavy atom. The molecule has 0 amide bonds. The van der Waals surface area contributed by atoms with E-state index in [1.165, 1.54) is 30.5 Å². The van der Waals surface area contributed by atoms with Crippen LogP contribution >= 0.6 is 0 Å². The highest BCUT2D eigenvalue weighted by molar-refractivity contribution is 5.69. The Morgan fingerprint density at radius 1 is 0.920 bits per heavy atom. The average molecular weight is 340 g/mol. The van der Waals surface area contributed by atoms with Gasteiger partial charge in [0.25, 0.3) is 5.69 Å². The van der Waals surface area contributed by atoms with Gasteiger partial charge in [-0.2, -0.15) is 0 Å². The normalized spacial score (nSPS) is 19.3. The molecule has 25 heavy (non-hydrogen) atoms. The van der Waals surface area contributed by atoms with Crippen molar-refractivity contribution in [3.05, 3.63) is 60.2 Å². The summed E-state index contributed by atoms with van der Waals surface area (Å²) >= 11 is 0. The van der Waals surface area contributed by atoms with Crippen LogP contribution in [-0.2, 0) is 17.6 Å². The second-order valence-corrected chi connectivity index (χ2v) is 7.01. The van der Waals surface area contributed by atoms with Crippen molar-refractivity contribution in [2.24, 2.45) is 5.92 Å². The fourth-order valence-electron chi connectivity index (χ4n) is 3.65. The van der Waals surface area contributed by atoms with E-state index in [2.05, 4.69) is 52.2 Å². The van der Waals surface area contributed by atoms with Crippen LogP contribution in [0.1, 0.15) is 56.2 Å². The number of nitrogens with zero attached hydrogens (tertiary/aromatic N) is 2. The van der Waals surface area contributed by atoms with Crippen molar-refractivity contribution in [2.75, 3.05) is 0 Å². The Hall–Kier alpha value is -2.23. The molecule has 2 aromatic rings. The third-order valence-corrected chi connectivity index (χ3v) is 5.13. The lowest BCUT2D eigenvalue weighted by atomic mass is 9.94. The first-order valence-electron chi connectivity index (χ1n) is 9.47. The first-order valence-corrected chi connectivity index (χ1v) is 9.47. The molecule has 2 bridgehead atoms. The van der Waals surface area contributed by atoms with Gasteiger partial charge in [-0.15, -0.1) is 0 Å². The predicted octanol–water partition coefficient (Wildman–Crippen LogP) is 3.10. The number of hydrogen-bond donors (Lipinski definition) is 1. The number of carbonyl (C=O) groups is 1. The fourth-order valence-corrected chi connectivity index (χ4v) is 3.65. The van der Waals surface area contributed by atoms with Crippen LogP contribution in [0.3, 0.4) is 0 Å². The van der Waals surface area contributed by atoms with Crippen LogP contribution in [0.5, 0.6) is 0 Å². The maximum atomic E-state index is 11.5. The summed E-state index contributed by atoms with van der Waals surface area (Å²) in [6.45, 7) is 0. The van der Waals surface area contributed by atoms with Gasteiger partial charge < -0.3 is 5.11 Å². The highest BCUT2D eigenvalue weighted by Crippen LogP contribution is 2.18. The van der Waals surface area contributed by atoms with Gasteiger partial charge in [-0.3, -0.25) is 4.79 Å². The predicted molar refractivity (Wildman–Crippen MR) is 94.9 cm³/mol. The van der Waals surface area contributed by atoms with Gasteiger partial charge in [0.15, 0.2) is 0 Å². The molecule has 1 aliphatic rings. The molecule has 1 N–H and O–H groups in total. The van der Waals surface area contributed by atoms with E-state index in [4.69, 9.17) is 0 Å². The molecule has 132 valence electrons. The molecule has 0 radical (unpaired) electrons. The van der Waals surface area contributed by atoms with Gasteiger partial charge in [-0.05, 0) is 37.8 Å². The Bertz CT molecular complexity index is 715. The number of aromatic nitrogens is 2. The lowest BCUT2D eigenvalue weighted by Gasteiger charge is -2.11. The van der Waals surface area contributed by atoms with Gasteiger partial charge in [0.1, 0.15) is 0 Å². The molecular weight excluding hydrogens is 312 g/mol. The van der Waals surface area contributed by atoms with Gasteiger partial charge in [0, 0.05) is 30.2 Å². The summed E-state index contributed by atoms with van der Waals surface area (Å²) in [4.78, 5) is 11.5. The number of aliphatic carboxylic acids is 1. The molecule has 4 nitrogen and oxygen atoms in total. The summed E-state index contributed by atoms with van der Waals surface area (Å²) in [6.07, 6.45) is 15.4. The summed E-state index contributed by atoms with van der Waals surface area (Å²) in [7, 11) is 0. The Morgan fingerprint density at radius 3 is 2.64 bits per heavy atom. The van der Waals surface area contributed by atoms with E-state index in [0.717, 1.165) is 32.1 Å². The van der Waals surface area contributed by atoms with Crippen molar-refractivity contribution in [2.45, 2.75) is 57.8 Å². The van der Waals surface area contributed by atoms with E-state index in [1.54, 1.807) is 0 Å². The molecule has 1 atom stereocenters. The number of rotatable bonds is 1. The maximum Gasteiger partial charge on any atom is 0.306 e. The molecule has 0 saturated heterocycles. The largest absolute Gasteiger partial charge is 0.481 e. The molecule has 1 aliphatic heterocycles. The van der Waals surface area contributed by atoms with Crippen molar-refractivity contribution >= 4 is 5.97 Å². The zero-order valence-electron chi connectivity index (χ0n) is 14.8. The maximum absolute atomic E-state index is 11.5. The fraction of sp³-hybridized carbons (Fsp3) is 0.476. The summed E-state index contributed by atoms with van der Waals surface area (Å²) < 4.78 is 4.30. The molecule has 0 aromatic carbocycles. The molecule has 2 aromatic heterocycles. The lowest BCUT2D eigenvalue weighted by Crippen LogP contribution is -2.67. The van der Waals surface area contributed by atoms with E-state index in [9.17, 15) is 9.90 Å². The van der Waals surface area contributed by atoms with Gasteiger partial charge in [-0.1, -0.05) is 25.7 Å². The average Bonchev–Trinajstić information content (AvgIpc) is 2.63. The minimum Gasteiger partial charge on any atom is -0.481 e. The molecular formula is C21H28N2O2+2. The van der Waals surface area contributed by atoms with Crippen molar-refractivity contribution in [3.63, 3.8) is 0 Å². The third-order valence-electron chi connectivity index (χ3n) is 5.13. The third kappa shape index (κ3) is 4.88. The van der Waals surface area contributed by atoms with Crippen molar-refractivity contribution in [1.82, 2.24) is 0 Å². The molecule has 0 fully saturated rings. The van der Waals surface area contributed by atoms with Crippen molar-refractivity contribution in [1.29, 1.82) is 0 Å². The first-order chi connectivity index (χ1) is 12.2. The molecule has 3 rings (SSSR count). The van der Waals surface area contributed by atoms with Crippen LogP contribution < -0.4 is 9.35 Å². The zero-order valence-corrected chi connectivity index (χ0v) is 14.8. The Kier molecular flexibility index (Phi) is 6.15.